The van der Waals surface area contributed by atoms with Crippen LogP contribution in [-0.2, 0) is 11.8 Å². The molecule has 1 atom stereocenters. The first-order chi connectivity index (χ1) is 18.2. The Hall–Kier alpha value is -4.13. The van der Waals surface area contributed by atoms with E-state index in [9.17, 15) is 22.4 Å². The lowest BCUT2D eigenvalue weighted by Gasteiger charge is -2.15. The molecule has 0 aliphatic carbocycles. The number of methoxy groups -OCH3 is 1. The molecule has 1 aliphatic heterocycles. The van der Waals surface area contributed by atoms with Gasteiger partial charge in [-0.2, -0.15) is 19.0 Å². The number of alkyl halides is 4. The molecule has 2 aromatic carbocycles. The Morgan fingerprint density at radius 3 is 2.53 bits per heavy atom. The first-order valence-electron chi connectivity index (χ1n) is 11.6. The predicted molar refractivity (Wildman–Crippen MR) is 129 cm³/mol. The van der Waals surface area contributed by atoms with Crippen molar-refractivity contribution in [2.75, 3.05) is 20.3 Å². The lowest BCUT2D eigenvalue weighted by Crippen LogP contribution is -2.16. The van der Waals surface area contributed by atoms with Crippen molar-refractivity contribution in [1.29, 1.82) is 0 Å². The van der Waals surface area contributed by atoms with Crippen molar-refractivity contribution in [3.8, 4) is 33.9 Å². The number of primary amides is 1. The number of ether oxygens (including phenoxy) is 3. The minimum absolute atomic E-state index is 0.0755. The average Bonchev–Trinajstić information content (AvgIpc) is 3.61. The van der Waals surface area contributed by atoms with Crippen LogP contribution >= 0.6 is 0 Å². The van der Waals surface area contributed by atoms with Crippen molar-refractivity contribution in [1.82, 2.24) is 19.6 Å². The van der Waals surface area contributed by atoms with Crippen LogP contribution in [0.4, 0.5) is 17.6 Å². The molecule has 5 rings (SSSR count). The fourth-order valence-electron chi connectivity index (χ4n) is 4.77. The molecule has 0 spiro atoms. The number of fused-ring (bicyclic) bond motifs is 1. The number of benzene rings is 2. The van der Waals surface area contributed by atoms with E-state index in [1.807, 2.05) is 0 Å². The van der Waals surface area contributed by atoms with Gasteiger partial charge in [-0.25, -0.2) is 8.78 Å². The number of carbonyl (C=O) groups excluding carboxylic acids is 1. The summed E-state index contributed by atoms with van der Waals surface area (Å²) in [6, 6.07) is 5.55. The molecule has 0 saturated carbocycles. The fourth-order valence-corrected chi connectivity index (χ4v) is 4.77. The Morgan fingerprint density at radius 1 is 1.13 bits per heavy atom. The molecule has 4 aromatic rings. The monoisotopic (exact) mass is 533 g/mol. The highest BCUT2D eigenvalue weighted by Gasteiger charge is 2.26. The summed E-state index contributed by atoms with van der Waals surface area (Å²) >= 11 is 0. The van der Waals surface area contributed by atoms with E-state index in [0.29, 0.717) is 24.3 Å². The van der Waals surface area contributed by atoms with E-state index in [-0.39, 0.29) is 39.5 Å². The van der Waals surface area contributed by atoms with Gasteiger partial charge in [0.1, 0.15) is 17.1 Å². The second-order valence-electron chi connectivity index (χ2n) is 8.75. The molecule has 1 aliphatic rings. The van der Waals surface area contributed by atoms with Crippen LogP contribution in [0.5, 0.6) is 11.5 Å². The number of nitrogens with zero attached hydrogens (tertiary/aromatic N) is 4. The van der Waals surface area contributed by atoms with E-state index in [4.69, 9.17) is 15.2 Å². The first-order valence-corrected chi connectivity index (χ1v) is 11.6. The number of nitrogens with two attached hydrogens (primary N) is 1. The molecule has 13 heteroatoms. The number of halogens is 4. The molecule has 1 fully saturated rings. The molecule has 9 nitrogen and oxygen atoms in total. The summed E-state index contributed by atoms with van der Waals surface area (Å²) < 4.78 is 73.4. The number of aromatic nitrogens is 4. The summed E-state index contributed by atoms with van der Waals surface area (Å²) in [6.45, 7) is -2.11. The molecular formula is C25H23F4N5O4. The summed E-state index contributed by atoms with van der Waals surface area (Å²) in [4.78, 5) is 11.9. The van der Waals surface area contributed by atoms with Crippen molar-refractivity contribution in [3.63, 3.8) is 0 Å². The number of hydrogen-bond donors (Lipinski definition) is 1. The van der Waals surface area contributed by atoms with Gasteiger partial charge in [0.2, 0.25) is 0 Å². The normalized spacial score (nSPS) is 15.6. The maximum atomic E-state index is 14.4. The van der Waals surface area contributed by atoms with Gasteiger partial charge in [0, 0.05) is 41.9 Å². The highest BCUT2D eigenvalue weighted by molar-refractivity contribution is 6.02. The number of hydrogen-bond acceptors (Lipinski definition) is 6. The Kier molecular flexibility index (Phi) is 6.69. The highest BCUT2D eigenvalue weighted by atomic mass is 19.3. The van der Waals surface area contributed by atoms with E-state index in [2.05, 4.69) is 14.9 Å². The molecule has 2 aromatic heterocycles. The van der Waals surface area contributed by atoms with Gasteiger partial charge in [0.05, 0.1) is 37.2 Å². The first kappa shape index (κ1) is 25.5. The van der Waals surface area contributed by atoms with Crippen LogP contribution < -0.4 is 15.2 Å². The molecule has 0 bridgehead atoms. The topological polar surface area (TPSA) is 106 Å². The smallest absolute Gasteiger partial charge is 0.387 e. The van der Waals surface area contributed by atoms with E-state index >= 15 is 0 Å². The quantitative estimate of drug-likeness (QED) is 0.329. The van der Waals surface area contributed by atoms with Crippen LogP contribution in [0, 0.1) is 0 Å². The molecule has 38 heavy (non-hydrogen) atoms. The standard InChI is InChI=1S/C25H23F4N5O4/c1-33-22(13-7-18(36-2)21(24(30)35)19(8-13)38-25(28)29)20-16(23(26)27)5-12(6-17(20)32-33)14-9-31-34(10-14)15-3-4-37-11-15/h5-10,15,23,25H,3-4,11H2,1-2H3,(H2,30,35)/t15-/m0/s1. The third kappa shape index (κ3) is 4.53. The third-order valence-electron chi connectivity index (χ3n) is 6.44. The van der Waals surface area contributed by atoms with Gasteiger partial charge in [-0.1, -0.05) is 0 Å². The summed E-state index contributed by atoms with van der Waals surface area (Å²) in [5, 5.41) is 8.90. The molecule has 1 saturated heterocycles. The van der Waals surface area contributed by atoms with Gasteiger partial charge in [-0.3, -0.25) is 14.2 Å². The molecule has 1 amide bonds. The van der Waals surface area contributed by atoms with Crippen LogP contribution in [0.1, 0.15) is 34.8 Å². The molecule has 200 valence electrons. The van der Waals surface area contributed by atoms with Crippen LogP contribution in [0.25, 0.3) is 33.3 Å². The fraction of sp³-hybridized carbons (Fsp3) is 0.320. The maximum Gasteiger partial charge on any atom is 0.387 e. The van der Waals surface area contributed by atoms with Crippen molar-refractivity contribution in [2.24, 2.45) is 12.8 Å². The minimum atomic E-state index is -3.27. The average molecular weight is 533 g/mol. The Bertz CT molecular complexity index is 1510. The van der Waals surface area contributed by atoms with Crippen LogP contribution in [0.15, 0.2) is 36.7 Å². The van der Waals surface area contributed by atoms with E-state index in [1.54, 1.807) is 23.1 Å². The largest absolute Gasteiger partial charge is 0.496 e. The number of carbonyl (C=O) groups is 1. The van der Waals surface area contributed by atoms with Gasteiger partial charge in [0.15, 0.2) is 0 Å². The zero-order valence-electron chi connectivity index (χ0n) is 20.3. The van der Waals surface area contributed by atoms with Gasteiger partial charge < -0.3 is 19.9 Å². The molecule has 0 radical (unpaired) electrons. The summed E-state index contributed by atoms with van der Waals surface area (Å²) in [7, 11) is 2.75. The van der Waals surface area contributed by atoms with Gasteiger partial charge in [0.25, 0.3) is 12.3 Å². The number of aryl methyl sites for hydroxylation is 1. The second kappa shape index (κ2) is 9.97. The van der Waals surface area contributed by atoms with Gasteiger partial charge in [-0.05, 0) is 36.2 Å². The van der Waals surface area contributed by atoms with Crippen LogP contribution in [-0.4, -0.2) is 52.4 Å². The van der Waals surface area contributed by atoms with Gasteiger partial charge in [-0.15, -0.1) is 0 Å². The Balaban J connectivity index is 1.68. The van der Waals surface area contributed by atoms with E-state index < -0.39 is 30.3 Å². The van der Waals surface area contributed by atoms with Crippen molar-refractivity contribution in [3.05, 3.63) is 47.8 Å². The third-order valence-corrected chi connectivity index (χ3v) is 6.44. The molecule has 2 N–H and O–H groups in total. The van der Waals surface area contributed by atoms with Crippen molar-refractivity contribution in [2.45, 2.75) is 25.5 Å². The Morgan fingerprint density at radius 2 is 1.89 bits per heavy atom. The predicted octanol–water partition coefficient (Wildman–Crippen LogP) is 4.71. The second-order valence-corrected chi connectivity index (χ2v) is 8.75. The van der Waals surface area contributed by atoms with Crippen LogP contribution in [0.3, 0.4) is 0 Å². The highest BCUT2D eigenvalue weighted by Crippen LogP contribution is 2.42. The molecular weight excluding hydrogens is 510 g/mol. The zero-order chi connectivity index (χ0) is 27.1. The summed E-state index contributed by atoms with van der Waals surface area (Å²) in [5.41, 5.74) is 6.37. The molecule has 3 heterocycles. The SMILES string of the molecule is COc1cc(-c2c3c(C(F)F)cc(-c4cnn([C@H]5CCOC5)c4)cc3nn2C)cc(OC(F)F)c1C(N)=O. The lowest BCUT2D eigenvalue weighted by atomic mass is 9.97. The minimum Gasteiger partial charge on any atom is -0.496 e. The van der Waals surface area contributed by atoms with E-state index in [0.717, 1.165) is 12.5 Å². The number of amides is 1. The maximum absolute atomic E-state index is 14.4. The van der Waals surface area contributed by atoms with Gasteiger partial charge >= 0.3 is 6.61 Å². The summed E-state index contributed by atoms with van der Waals surface area (Å²) in [5.74, 6) is -1.75. The van der Waals surface area contributed by atoms with E-state index in [1.165, 1.54) is 31.0 Å². The number of rotatable bonds is 8. The van der Waals surface area contributed by atoms with Crippen LogP contribution in [0.2, 0.25) is 0 Å². The summed E-state index contributed by atoms with van der Waals surface area (Å²) in [6.07, 6.45) is 1.30. The van der Waals surface area contributed by atoms with Crippen molar-refractivity contribution < 1.29 is 36.6 Å². The molecule has 0 unspecified atom stereocenters. The lowest BCUT2D eigenvalue weighted by molar-refractivity contribution is -0.0502. The zero-order valence-corrected chi connectivity index (χ0v) is 20.3. The van der Waals surface area contributed by atoms with Crippen molar-refractivity contribution >= 4 is 16.8 Å². The Labute approximate surface area is 213 Å².